The number of rotatable bonds is 10. The molecule has 0 radical (unpaired) electrons. The second-order valence-corrected chi connectivity index (χ2v) is 23.1. The summed E-state index contributed by atoms with van der Waals surface area (Å²) < 4.78 is 4.74. The van der Waals surface area contributed by atoms with E-state index in [1.807, 2.05) is 0 Å². The number of hydrogen-bond acceptors (Lipinski definition) is 0. The number of aromatic nitrogens is 2. The van der Waals surface area contributed by atoms with Gasteiger partial charge in [-0.15, -0.1) is 0 Å². The Morgan fingerprint density at radius 1 is 0.357 bits per heavy atom. The van der Waals surface area contributed by atoms with Crippen LogP contribution < -0.4 is 41.0 Å². The normalized spacial score (nSPS) is 18.2. The van der Waals surface area contributed by atoms with Crippen LogP contribution in [0.5, 0.6) is 0 Å². The summed E-state index contributed by atoms with van der Waals surface area (Å²) in [5, 5.41) is 8.16. The number of aryl methyl sites for hydroxylation is 1. The molecule has 0 bridgehead atoms. The van der Waals surface area contributed by atoms with Crippen molar-refractivity contribution in [3.05, 3.63) is 231 Å². The summed E-state index contributed by atoms with van der Waals surface area (Å²) in [6.45, 7) is 2.63. The van der Waals surface area contributed by atoms with E-state index in [1.165, 1.54) is 43.0 Å². The topological polar surface area (TPSA) is 7.76 Å². The molecular formula is C52H48N2P2+4. The van der Waals surface area contributed by atoms with E-state index >= 15 is 0 Å². The third-order valence-corrected chi connectivity index (χ3v) is 22.4. The lowest BCUT2D eigenvalue weighted by atomic mass is 9.79. The molecule has 2 nitrogen and oxygen atoms in total. The van der Waals surface area contributed by atoms with Crippen LogP contribution in [0.25, 0.3) is 11.1 Å². The minimum absolute atomic E-state index is 0.0967. The minimum Gasteiger partial charge on any atom is -0.208 e. The van der Waals surface area contributed by atoms with Gasteiger partial charge < -0.3 is 0 Å². The van der Waals surface area contributed by atoms with Crippen molar-refractivity contribution in [2.75, 3.05) is 0 Å². The van der Waals surface area contributed by atoms with Crippen molar-refractivity contribution in [2.24, 2.45) is 7.05 Å². The molecule has 0 N–H and O–H groups in total. The highest BCUT2D eigenvalue weighted by Crippen LogP contribution is 2.83. The van der Waals surface area contributed by atoms with Crippen molar-refractivity contribution in [2.45, 2.75) is 30.2 Å². The molecule has 0 unspecified atom stereocenters. The van der Waals surface area contributed by atoms with Gasteiger partial charge in [0.2, 0.25) is 0 Å². The molecule has 9 rings (SSSR count). The summed E-state index contributed by atoms with van der Waals surface area (Å²) in [6, 6.07) is 78.1. The van der Waals surface area contributed by atoms with Gasteiger partial charge in [0.25, 0.3) is 5.28 Å². The van der Waals surface area contributed by atoms with Crippen molar-refractivity contribution in [3.8, 4) is 11.1 Å². The van der Waals surface area contributed by atoms with Gasteiger partial charge >= 0.3 is 0 Å². The summed E-state index contributed by atoms with van der Waals surface area (Å²) in [5.74, 6) is 0. The van der Waals surface area contributed by atoms with Gasteiger partial charge in [-0.3, -0.25) is 0 Å². The monoisotopic (exact) mass is 762 g/mol. The predicted molar refractivity (Wildman–Crippen MR) is 239 cm³/mol. The molecule has 4 heteroatoms. The van der Waals surface area contributed by atoms with Gasteiger partial charge in [-0.25, -0.2) is 4.57 Å². The fourth-order valence-electron chi connectivity index (χ4n) is 10.0. The Labute approximate surface area is 333 Å². The molecule has 1 aliphatic carbocycles. The van der Waals surface area contributed by atoms with Crippen LogP contribution in [-0.2, 0) is 12.3 Å². The highest BCUT2D eigenvalue weighted by atomic mass is 31.2. The van der Waals surface area contributed by atoms with Crippen molar-refractivity contribution in [1.82, 2.24) is 0 Å². The van der Waals surface area contributed by atoms with E-state index < -0.39 is 14.5 Å². The lowest BCUT2D eigenvalue weighted by Gasteiger charge is -2.56. The van der Waals surface area contributed by atoms with E-state index in [4.69, 9.17) is 0 Å². The molecule has 56 heavy (non-hydrogen) atoms. The van der Waals surface area contributed by atoms with Gasteiger partial charge in [0.1, 0.15) is 51.3 Å². The molecule has 1 aliphatic rings. The van der Waals surface area contributed by atoms with Crippen LogP contribution in [0.1, 0.15) is 19.8 Å². The average Bonchev–Trinajstić information content (AvgIpc) is 3.26. The second kappa shape index (κ2) is 14.9. The van der Waals surface area contributed by atoms with Crippen molar-refractivity contribution >= 4 is 46.4 Å². The maximum Gasteiger partial charge on any atom is 0.287 e. The smallest absolute Gasteiger partial charge is 0.208 e. The molecule has 1 saturated carbocycles. The first-order valence-electron chi connectivity index (χ1n) is 19.6. The first kappa shape index (κ1) is 36.1. The lowest BCUT2D eigenvalue weighted by Crippen LogP contribution is -2.74. The van der Waals surface area contributed by atoms with Crippen LogP contribution in [0.2, 0.25) is 0 Å². The highest BCUT2D eigenvalue weighted by Gasteiger charge is 2.84. The molecular weight excluding hydrogens is 715 g/mol. The maximum atomic E-state index is 2.65. The van der Waals surface area contributed by atoms with Gasteiger partial charge in [-0.2, -0.15) is 4.57 Å². The van der Waals surface area contributed by atoms with Gasteiger partial charge in [0.15, 0.2) is 32.0 Å². The van der Waals surface area contributed by atoms with Gasteiger partial charge in [-0.05, 0) is 90.8 Å². The Morgan fingerprint density at radius 2 is 0.625 bits per heavy atom. The largest absolute Gasteiger partial charge is 0.287 e. The zero-order chi connectivity index (χ0) is 38.1. The van der Waals surface area contributed by atoms with E-state index in [0.717, 1.165) is 12.8 Å². The van der Waals surface area contributed by atoms with Crippen LogP contribution in [0.15, 0.2) is 231 Å². The maximum absolute atomic E-state index is 2.65. The van der Waals surface area contributed by atoms with Crippen LogP contribution in [0.3, 0.4) is 0 Å². The standard InChI is InChI=1S/C52H48N2P2/c1-51(55(45-21-9-3-10-22-45,46-23-11-4-12-24-46)47-25-13-5-14-26-47)41-52(42-51,54-39-35-44(36-40-54)43-33-37-53(2)38-34-43)56(48-27-15-6-16-28-48,49-29-17-7-18-30-49)50-31-19-8-20-32-50/h3-40H,41-42H2,1-2H3/q+4. The third kappa shape index (κ3) is 5.70. The first-order chi connectivity index (χ1) is 27.5. The third-order valence-electron chi connectivity index (χ3n) is 12.2. The Balaban J connectivity index is 1.36. The Morgan fingerprint density at radius 3 is 0.929 bits per heavy atom. The summed E-state index contributed by atoms with van der Waals surface area (Å²) in [5.41, 5.74) is 2.45. The molecule has 0 amide bonds. The fraction of sp³-hybridized carbons (Fsp3) is 0.115. The predicted octanol–water partition coefficient (Wildman–Crippen LogP) is 8.66. The Hall–Kier alpha value is -5.52. The number of pyridine rings is 2. The van der Waals surface area contributed by atoms with E-state index in [2.05, 4.69) is 254 Å². The molecule has 2 heterocycles. The van der Waals surface area contributed by atoms with Crippen LogP contribution in [0, 0.1) is 0 Å². The molecule has 8 aromatic rings. The molecule has 2 aromatic heterocycles. The quantitative estimate of drug-likeness (QED) is 0.0974. The Kier molecular flexibility index (Phi) is 9.59. The van der Waals surface area contributed by atoms with E-state index in [0.29, 0.717) is 0 Å². The lowest BCUT2D eigenvalue weighted by molar-refractivity contribution is -0.753. The molecule has 0 atom stereocenters. The average molecular weight is 763 g/mol. The summed E-state index contributed by atoms with van der Waals surface area (Å²) in [6.07, 6.45) is 11.0. The minimum atomic E-state index is -2.45. The zero-order valence-electron chi connectivity index (χ0n) is 32.1. The SMILES string of the molecule is C[n+]1ccc(-c2cc[n+](C3([P+](c4ccccc4)(c4ccccc4)c4ccccc4)CC(C)([P+](c4ccccc4)(c4ccccc4)c4ccccc4)C3)cc2)cc1. The van der Waals surface area contributed by atoms with Crippen LogP contribution in [0.4, 0.5) is 0 Å². The fourth-order valence-corrected chi connectivity index (χ4v) is 21.8. The summed E-state index contributed by atoms with van der Waals surface area (Å²) in [7, 11) is -2.65. The van der Waals surface area contributed by atoms with E-state index in [-0.39, 0.29) is 10.4 Å². The van der Waals surface area contributed by atoms with E-state index in [1.54, 1.807) is 0 Å². The van der Waals surface area contributed by atoms with E-state index in [9.17, 15) is 0 Å². The van der Waals surface area contributed by atoms with Gasteiger partial charge in [0.05, 0.1) is 12.8 Å². The first-order valence-corrected chi connectivity index (χ1v) is 23.2. The molecule has 1 fully saturated rings. The molecule has 0 saturated heterocycles. The van der Waals surface area contributed by atoms with Crippen molar-refractivity contribution in [1.29, 1.82) is 0 Å². The second-order valence-electron chi connectivity index (χ2n) is 15.4. The zero-order valence-corrected chi connectivity index (χ0v) is 33.9. The van der Waals surface area contributed by atoms with Gasteiger partial charge in [-0.1, -0.05) is 109 Å². The van der Waals surface area contributed by atoms with Crippen LogP contribution in [-0.4, -0.2) is 5.16 Å². The summed E-state index contributed by atoms with van der Waals surface area (Å²) >= 11 is 0. The van der Waals surface area contributed by atoms with Crippen molar-refractivity contribution < 1.29 is 9.13 Å². The molecule has 6 aromatic carbocycles. The Bertz CT molecular complexity index is 2310. The molecule has 0 spiro atoms. The molecule has 272 valence electrons. The number of nitrogens with zero attached hydrogens (tertiary/aromatic N) is 2. The summed E-state index contributed by atoms with van der Waals surface area (Å²) in [4.78, 5) is 0. The highest BCUT2D eigenvalue weighted by molar-refractivity contribution is 7.98. The molecule has 0 aliphatic heterocycles. The van der Waals surface area contributed by atoms with Gasteiger partial charge in [0, 0.05) is 24.3 Å². The number of benzene rings is 6. The number of hydrogen-bond donors (Lipinski definition) is 0. The van der Waals surface area contributed by atoms with Crippen molar-refractivity contribution in [3.63, 3.8) is 0 Å². The van der Waals surface area contributed by atoms with Crippen LogP contribution >= 0.6 is 14.5 Å².